The van der Waals surface area contributed by atoms with Crippen molar-refractivity contribution in [3.05, 3.63) is 60.0 Å². The van der Waals surface area contributed by atoms with E-state index in [-0.39, 0.29) is 43.2 Å². The molecule has 4 rings (SSSR count). The largest absolute Gasteiger partial charge is 0.489 e. The Hall–Kier alpha value is -5.67. The summed E-state index contributed by atoms with van der Waals surface area (Å²) in [5, 5.41) is 45.9. The highest BCUT2D eigenvalue weighted by molar-refractivity contribution is 6.03. The molecule has 0 atom stereocenters. The average Bonchev–Trinajstić information content (AvgIpc) is 2.96. The standard InChI is InChI=1S/C31H32N4O11/c32-19-2-4-21-24(12-19)46-25-13-20(33)3-5-22(25)31(21)18-1-6-23(35(16-29(40)41)17-30(42)43)26(11-18)45-10-9-44-8-7-34(14-27(36)37)15-28(38)39/h1-6,11-13,32H,7-10,14-17,33H2,(H,36,37)(H,38,39)(H,40,41)(H,42,43). The molecule has 0 unspecified atom stereocenters. The summed E-state index contributed by atoms with van der Waals surface area (Å²) in [5.74, 6) is -4.27. The second kappa shape index (κ2) is 14.9. The molecule has 1 aliphatic heterocycles. The number of nitrogen functional groups attached to an aromatic ring is 1. The first kappa shape index (κ1) is 33.2. The van der Waals surface area contributed by atoms with Crippen LogP contribution in [-0.4, -0.2) is 102 Å². The van der Waals surface area contributed by atoms with Crippen molar-refractivity contribution in [3.8, 4) is 28.2 Å². The Morgan fingerprint density at radius 3 is 2.11 bits per heavy atom. The van der Waals surface area contributed by atoms with Crippen LogP contribution in [0.15, 0.2) is 59.0 Å². The Bertz CT molecular complexity index is 1760. The first-order valence-electron chi connectivity index (χ1n) is 13.9. The maximum absolute atomic E-state index is 11.6. The molecular weight excluding hydrogens is 604 g/mol. The lowest BCUT2D eigenvalue weighted by Crippen LogP contribution is -2.37. The van der Waals surface area contributed by atoms with Gasteiger partial charge in [-0.25, -0.2) is 0 Å². The molecule has 2 aromatic carbocycles. The van der Waals surface area contributed by atoms with Gasteiger partial charge in [0.25, 0.3) is 0 Å². The maximum Gasteiger partial charge on any atom is 0.323 e. The molecule has 0 fully saturated rings. The number of aliphatic carboxylic acids is 4. The van der Waals surface area contributed by atoms with Crippen LogP contribution in [0, 0.1) is 5.41 Å². The summed E-state index contributed by atoms with van der Waals surface area (Å²) in [4.78, 5) is 47.6. The van der Waals surface area contributed by atoms with Crippen molar-refractivity contribution in [1.82, 2.24) is 4.90 Å². The first-order valence-corrected chi connectivity index (χ1v) is 13.9. The van der Waals surface area contributed by atoms with Crippen LogP contribution in [0.25, 0.3) is 33.4 Å². The van der Waals surface area contributed by atoms with Gasteiger partial charge in [-0.2, -0.15) is 0 Å². The number of hydrogen-bond donors (Lipinski definition) is 6. The number of nitrogens with one attached hydrogen (secondary N) is 1. The Balaban J connectivity index is 1.67. The van der Waals surface area contributed by atoms with Gasteiger partial charge in [-0.3, -0.25) is 24.1 Å². The molecule has 15 heteroatoms. The number of carboxylic acid groups (broad SMARTS) is 4. The molecule has 2 aliphatic rings. The number of carbonyl (C=O) groups is 4. The van der Waals surface area contributed by atoms with E-state index in [9.17, 15) is 29.4 Å². The number of nitrogens with two attached hydrogens (primary N) is 1. The fourth-order valence-electron chi connectivity index (χ4n) is 4.92. The third-order valence-corrected chi connectivity index (χ3v) is 6.74. The van der Waals surface area contributed by atoms with Gasteiger partial charge in [-0.05, 0) is 42.0 Å². The summed E-state index contributed by atoms with van der Waals surface area (Å²) < 4.78 is 17.6. The molecule has 1 aliphatic carbocycles. The first-order chi connectivity index (χ1) is 21.9. The number of anilines is 2. The van der Waals surface area contributed by atoms with Crippen molar-refractivity contribution in [1.29, 1.82) is 5.41 Å². The predicted octanol–water partition coefficient (Wildman–Crippen LogP) is 2.11. The fraction of sp³-hybridized carbons (Fsp3) is 0.258. The third kappa shape index (κ3) is 8.71. The smallest absolute Gasteiger partial charge is 0.323 e. The molecule has 1 heterocycles. The molecule has 0 bridgehead atoms. The second-order valence-corrected chi connectivity index (χ2v) is 10.2. The lowest BCUT2D eigenvalue weighted by Gasteiger charge is -2.25. The van der Waals surface area contributed by atoms with Crippen LogP contribution in [0.2, 0.25) is 0 Å². The number of ether oxygens (including phenoxy) is 2. The van der Waals surface area contributed by atoms with Gasteiger partial charge in [0.1, 0.15) is 36.8 Å². The second-order valence-electron chi connectivity index (χ2n) is 10.2. The Morgan fingerprint density at radius 1 is 0.783 bits per heavy atom. The molecule has 15 nitrogen and oxygen atoms in total. The van der Waals surface area contributed by atoms with Gasteiger partial charge in [0.2, 0.25) is 0 Å². The predicted molar refractivity (Wildman–Crippen MR) is 164 cm³/mol. The van der Waals surface area contributed by atoms with E-state index in [1.807, 2.05) is 0 Å². The van der Waals surface area contributed by atoms with Crippen molar-refractivity contribution in [2.45, 2.75) is 0 Å². The highest BCUT2D eigenvalue weighted by Gasteiger charge is 2.22. The highest BCUT2D eigenvalue weighted by Crippen LogP contribution is 2.43. The van der Waals surface area contributed by atoms with E-state index >= 15 is 0 Å². The van der Waals surface area contributed by atoms with Gasteiger partial charge in [-0.15, -0.1) is 0 Å². The van der Waals surface area contributed by atoms with E-state index in [0.717, 1.165) is 4.90 Å². The Morgan fingerprint density at radius 2 is 1.46 bits per heavy atom. The van der Waals surface area contributed by atoms with Crippen LogP contribution >= 0.6 is 0 Å². The highest BCUT2D eigenvalue weighted by atomic mass is 16.5. The summed E-state index contributed by atoms with van der Waals surface area (Å²) in [7, 11) is 0. The number of hydrogen-bond acceptors (Lipinski definition) is 11. The van der Waals surface area contributed by atoms with E-state index in [0.29, 0.717) is 39.1 Å². The van der Waals surface area contributed by atoms with E-state index < -0.39 is 50.1 Å². The molecule has 0 spiro atoms. The van der Waals surface area contributed by atoms with Crippen molar-refractivity contribution in [3.63, 3.8) is 0 Å². The molecule has 0 saturated heterocycles. The zero-order chi connectivity index (χ0) is 33.4. The van der Waals surface area contributed by atoms with Gasteiger partial charge in [-0.1, -0.05) is 6.07 Å². The van der Waals surface area contributed by atoms with Crippen LogP contribution < -0.4 is 20.7 Å². The molecule has 46 heavy (non-hydrogen) atoms. The van der Waals surface area contributed by atoms with Crippen molar-refractivity contribution in [2.75, 3.05) is 63.2 Å². The SMILES string of the molecule is N=c1ccc2c(-c3ccc(N(CC(=O)O)CC(=O)O)c(OCCOCCN(CC(=O)O)CC(=O)O)c3)c3ccc(N)cc3oc-2c1. The Labute approximate surface area is 261 Å². The van der Waals surface area contributed by atoms with Gasteiger partial charge < -0.3 is 50.4 Å². The van der Waals surface area contributed by atoms with Crippen molar-refractivity contribution >= 4 is 46.2 Å². The lowest BCUT2D eigenvalue weighted by molar-refractivity contribution is -0.142. The van der Waals surface area contributed by atoms with Crippen LogP contribution in [0.4, 0.5) is 11.4 Å². The van der Waals surface area contributed by atoms with Gasteiger partial charge in [0, 0.05) is 40.9 Å². The van der Waals surface area contributed by atoms with Crippen LogP contribution in [0.3, 0.4) is 0 Å². The minimum absolute atomic E-state index is 0.00283. The summed E-state index contributed by atoms with van der Waals surface area (Å²) in [6, 6.07) is 15.0. The Kier molecular flexibility index (Phi) is 10.7. The molecular formula is C31H32N4O11. The number of carboxylic acids is 4. The minimum Gasteiger partial charge on any atom is -0.489 e. The molecule has 0 amide bonds. The monoisotopic (exact) mass is 636 g/mol. The molecule has 0 aromatic heterocycles. The van der Waals surface area contributed by atoms with Crippen molar-refractivity contribution < 1.29 is 53.5 Å². The average molecular weight is 637 g/mol. The summed E-state index contributed by atoms with van der Waals surface area (Å²) in [6.45, 7) is -2.22. The zero-order valence-corrected chi connectivity index (χ0v) is 24.5. The summed E-state index contributed by atoms with van der Waals surface area (Å²) >= 11 is 0. The number of nitrogens with zero attached hydrogens (tertiary/aromatic N) is 2. The zero-order valence-electron chi connectivity index (χ0n) is 24.5. The normalized spacial score (nSPS) is 11.2. The molecule has 0 saturated carbocycles. The minimum atomic E-state index is -1.25. The number of rotatable bonds is 17. The van der Waals surface area contributed by atoms with Crippen LogP contribution in [0.5, 0.6) is 5.75 Å². The molecule has 7 N–H and O–H groups in total. The summed E-state index contributed by atoms with van der Waals surface area (Å²) in [6.07, 6.45) is 0. The van der Waals surface area contributed by atoms with Crippen LogP contribution in [-0.2, 0) is 23.9 Å². The maximum atomic E-state index is 11.6. The summed E-state index contributed by atoms with van der Waals surface area (Å²) in [5.41, 5.74) is 9.15. The van der Waals surface area contributed by atoms with E-state index in [2.05, 4.69) is 0 Å². The van der Waals surface area contributed by atoms with E-state index in [1.54, 1.807) is 54.6 Å². The van der Waals surface area contributed by atoms with Crippen molar-refractivity contribution in [2.24, 2.45) is 0 Å². The van der Waals surface area contributed by atoms with Gasteiger partial charge in [0.05, 0.1) is 37.3 Å². The number of fused-ring (bicyclic) bond motifs is 2. The van der Waals surface area contributed by atoms with E-state index in [4.69, 9.17) is 35.2 Å². The quantitative estimate of drug-likeness (QED) is 0.0553. The van der Waals surface area contributed by atoms with E-state index in [1.165, 1.54) is 4.90 Å². The third-order valence-electron chi connectivity index (χ3n) is 6.74. The topological polar surface area (TPSA) is 237 Å². The number of benzene rings is 3. The molecule has 2 aromatic rings. The van der Waals surface area contributed by atoms with Gasteiger partial charge >= 0.3 is 23.9 Å². The fourth-order valence-corrected chi connectivity index (χ4v) is 4.92. The molecule has 0 radical (unpaired) electrons. The molecule has 242 valence electrons. The van der Waals surface area contributed by atoms with Crippen LogP contribution in [0.1, 0.15) is 0 Å². The lowest BCUT2D eigenvalue weighted by atomic mass is 9.93. The van der Waals surface area contributed by atoms with Gasteiger partial charge in [0.15, 0.2) is 0 Å².